The number of hydrogen-bond acceptors (Lipinski definition) is 2. The van der Waals surface area contributed by atoms with E-state index < -0.39 is 0 Å². The standard InChI is InChI=1S/C33H28O2/c1-20(2)24-15-23-10-13-29-25(14-21-6-4-3-5-7-21)18-30(22-8-11-28(35)12-9-22)32-27(19-34)17-26(16-24)31(23)33(29)32/h3-13,15-16,18-20,27,35H,14,17H2,1-2H3. The average molecular weight is 457 g/mol. The number of hydrogen-bond donors (Lipinski definition) is 1. The van der Waals surface area contributed by atoms with E-state index in [1.807, 2.05) is 18.2 Å². The van der Waals surface area contributed by atoms with E-state index in [9.17, 15) is 9.90 Å². The first kappa shape index (κ1) is 21.6. The smallest absolute Gasteiger partial charge is 0.127 e. The van der Waals surface area contributed by atoms with Crippen LogP contribution in [0.2, 0.25) is 0 Å². The summed E-state index contributed by atoms with van der Waals surface area (Å²) in [6.07, 6.45) is 2.66. The van der Waals surface area contributed by atoms with Crippen LogP contribution in [0.15, 0.2) is 84.9 Å². The predicted octanol–water partition coefficient (Wildman–Crippen LogP) is 7.92. The minimum atomic E-state index is -0.201. The molecule has 0 aromatic heterocycles. The first-order chi connectivity index (χ1) is 17.0. The summed E-state index contributed by atoms with van der Waals surface area (Å²) in [5, 5.41) is 14.9. The molecule has 35 heavy (non-hydrogen) atoms. The predicted molar refractivity (Wildman–Crippen MR) is 144 cm³/mol. The highest BCUT2D eigenvalue weighted by Crippen LogP contribution is 2.47. The lowest BCUT2D eigenvalue weighted by atomic mass is 9.74. The monoisotopic (exact) mass is 456 g/mol. The maximum Gasteiger partial charge on any atom is 0.127 e. The van der Waals surface area contributed by atoms with Crippen molar-refractivity contribution in [1.29, 1.82) is 0 Å². The van der Waals surface area contributed by atoms with Crippen molar-refractivity contribution in [3.8, 4) is 16.9 Å². The highest BCUT2D eigenvalue weighted by molar-refractivity contribution is 6.16. The van der Waals surface area contributed by atoms with Gasteiger partial charge in [0.1, 0.15) is 12.0 Å². The van der Waals surface area contributed by atoms with Crippen molar-refractivity contribution < 1.29 is 9.90 Å². The van der Waals surface area contributed by atoms with Gasteiger partial charge in [0.15, 0.2) is 0 Å². The Balaban J connectivity index is 1.74. The second kappa shape index (κ2) is 8.39. The van der Waals surface area contributed by atoms with Gasteiger partial charge in [-0.2, -0.15) is 0 Å². The topological polar surface area (TPSA) is 37.3 Å². The molecule has 0 aliphatic heterocycles. The zero-order chi connectivity index (χ0) is 24.1. The SMILES string of the molecule is CC(C)c1cc2c3c(ccc4c(Cc5ccccc5)cc(-c5ccc(O)cc5)c(c43)C(C=O)C2)c1. The maximum absolute atomic E-state index is 12.5. The number of rotatable bonds is 5. The number of aromatic hydroxyl groups is 1. The van der Waals surface area contributed by atoms with E-state index in [1.165, 1.54) is 43.8 Å². The van der Waals surface area contributed by atoms with E-state index in [2.05, 4.69) is 68.4 Å². The van der Waals surface area contributed by atoms with Gasteiger partial charge in [-0.15, -0.1) is 0 Å². The molecule has 1 aliphatic rings. The summed E-state index contributed by atoms with van der Waals surface area (Å²) >= 11 is 0. The van der Waals surface area contributed by atoms with E-state index in [0.29, 0.717) is 5.92 Å². The molecule has 5 aromatic carbocycles. The number of aldehydes is 1. The molecule has 1 N–H and O–H groups in total. The van der Waals surface area contributed by atoms with Crippen LogP contribution in [0.1, 0.15) is 53.5 Å². The summed E-state index contributed by atoms with van der Waals surface area (Å²) < 4.78 is 0. The third-order valence-electron chi connectivity index (χ3n) is 7.50. The Bertz CT molecular complexity index is 1580. The highest BCUT2D eigenvalue weighted by atomic mass is 16.3. The van der Waals surface area contributed by atoms with Gasteiger partial charge < -0.3 is 9.90 Å². The zero-order valence-corrected chi connectivity index (χ0v) is 20.1. The molecule has 0 spiro atoms. The number of benzene rings is 5. The summed E-state index contributed by atoms with van der Waals surface area (Å²) in [5.74, 6) is 0.473. The third-order valence-corrected chi connectivity index (χ3v) is 7.50. The van der Waals surface area contributed by atoms with Crippen LogP contribution in [0.25, 0.3) is 32.7 Å². The van der Waals surface area contributed by atoms with Crippen LogP contribution in [0, 0.1) is 0 Å². The molecule has 0 radical (unpaired) electrons. The number of carbonyl (C=O) groups is 1. The van der Waals surface area contributed by atoms with E-state index >= 15 is 0 Å². The fourth-order valence-corrected chi connectivity index (χ4v) is 5.77. The van der Waals surface area contributed by atoms with Crippen molar-refractivity contribution in [2.45, 2.75) is 38.5 Å². The Morgan fingerprint density at radius 2 is 1.69 bits per heavy atom. The zero-order valence-electron chi connectivity index (χ0n) is 20.1. The Morgan fingerprint density at radius 3 is 2.40 bits per heavy atom. The highest BCUT2D eigenvalue weighted by Gasteiger charge is 2.28. The van der Waals surface area contributed by atoms with Crippen molar-refractivity contribution in [3.05, 3.63) is 113 Å². The van der Waals surface area contributed by atoms with Gasteiger partial charge >= 0.3 is 0 Å². The van der Waals surface area contributed by atoms with Gasteiger partial charge in [-0.05, 0) is 97.4 Å². The van der Waals surface area contributed by atoms with E-state index in [0.717, 1.165) is 35.8 Å². The van der Waals surface area contributed by atoms with Gasteiger partial charge in [0.05, 0.1) is 0 Å². The molecule has 0 fully saturated rings. The fraction of sp³-hybridized carbons (Fsp3) is 0.182. The first-order valence-electron chi connectivity index (χ1n) is 12.4. The van der Waals surface area contributed by atoms with Crippen LogP contribution >= 0.6 is 0 Å². The second-order valence-corrected chi connectivity index (χ2v) is 10.1. The number of carbonyl (C=O) groups excluding carboxylic acids is 1. The Kier molecular flexibility index (Phi) is 5.18. The van der Waals surface area contributed by atoms with Crippen LogP contribution < -0.4 is 0 Å². The molecule has 0 bridgehead atoms. The van der Waals surface area contributed by atoms with Gasteiger partial charge in [0.25, 0.3) is 0 Å². The summed E-state index contributed by atoms with van der Waals surface area (Å²) in [6.45, 7) is 4.45. The Morgan fingerprint density at radius 1 is 0.914 bits per heavy atom. The first-order valence-corrected chi connectivity index (χ1v) is 12.4. The van der Waals surface area contributed by atoms with Crippen molar-refractivity contribution in [1.82, 2.24) is 0 Å². The fourth-order valence-electron chi connectivity index (χ4n) is 5.77. The van der Waals surface area contributed by atoms with Gasteiger partial charge in [-0.3, -0.25) is 0 Å². The lowest BCUT2D eigenvalue weighted by molar-refractivity contribution is -0.109. The van der Waals surface area contributed by atoms with Crippen molar-refractivity contribution in [3.63, 3.8) is 0 Å². The van der Waals surface area contributed by atoms with Gasteiger partial charge in [-0.1, -0.05) is 80.6 Å². The van der Waals surface area contributed by atoms with E-state index in [1.54, 1.807) is 12.1 Å². The number of phenolic OH excluding ortho intramolecular Hbond substituents is 1. The molecule has 6 rings (SSSR count). The third kappa shape index (κ3) is 3.61. The molecule has 0 amide bonds. The lowest BCUT2D eigenvalue weighted by Crippen LogP contribution is -2.13. The molecular weight excluding hydrogens is 428 g/mol. The molecule has 1 unspecified atom stereocenters. The number of phenols is 1. The summed E-state index contributed by atoms with van der Waals surface area (Å²) in [7, 11) is 0. The van der Waals surface area contributed by atoms with Crippen LogP contribution in [-0.4, -0.2) is 11.4 Å². The van der Waals surface area contributed by atoms with Crippen LogP contribution in [0.4, 0.5) is 0 Å². The van der Waals surface area contributed by atoms with Gasteiger partial charge in [0, 0.05) is 5.92 Å². The van der Waals surface area contributed by atoms with Crippen LogP contribution in [0.5, 0.6) is 5.75 Å². The van der Waals surface area contributed by atoms with Crippen LogP contribution in [0.3, 0.4) is 0 Å². The summed E-state index contributed by atoms with van der Waals surface area (Å²) in [6, 6.07) is 29.3. The molecule has 0 saturated carbocycles. The second-order valence-electron chi connectivity index (χ2n) is 10.1. The van der Waals surface area contributed by atoms with Gasteiger partial charge in [0.2, 0.25) is 0 Å². The Hall–Kier alpha value is -3.91. The van der Waals surface area contributed by atoms with E-state index in [-0.39, 0.29) is 11.7 Å². The minimum Gasteiger partial charge on any atom is -0.508 e. The molecule has 172 valence electrons. The molecule has 0 heterocycles. The quantitative estimate of drug-likeness (QED) is 0.215. The normalized spacial score (nSPS) is 14.8. The minimum absolute atomic E-state index is 0.201. The lowest BCUT2D eigenvalue weighted by Gasteiger charge is -2.28. The Labute approximate surface area is 205 Å². The summed E-state index contributed by atoms with van der Waals surface area (Å²) in [4.78, 5) is 12.5. The molecule has 1 atom stereocenters. The molecule has 1 aliphatic carbocycles. The molecule has 5 aromatic rings. The van der Waals surface area contributed by atoms with Crippen molar-refractivity contribution in [2.24, 2.45) is 0 Å². The molecule has 2 nitrogen and oxygen atoms in total. The average Bonchev–Trinajstić information content (AvgIpc) is 2.88. The van der Waals surface area contributed by atoms with Crippen molar-refractivity contribution >= 4 is 27.8 Å². The molecular formula is C33H28O2. The maximum atomic E-state index is 12.5. The van der Waals surface area contributed by atoms with Crippen LogP contribution in [-0.2, 0) is 17.6 Å². The molecule has 0 saturated heterocycles. The summed E-state index contributed by atoms with van der Waals surface area (Å²) in [5.41, 5.74) is 8.34. The van der Waals surface area contributed by atoms with Crippen molar-refractivity contribution in [2.75, 3.05) is 0 Å². The molecule has 2 heteroatoms. The van der Waals surface area contributed by atoms with Gasteiger partial charge in [-0.25, -0.2) is 0 Å². The van der Waals surface area contributed by atoms with E-state index in [4.69, 9.17) is 0 Å². The largest absolute Gasteiger partial charge is 0.508 e.